The van der Waals surface area contributed by atoms with E-state index in [9.17, 15) is 14.7 Å². The fourth-order valence-corrected chi connectivity index (χ4v) is 2.85. The van der Waals surface area contributed by atoms with Crippen molar-refractivity contribution in [3.63, 3.8) is 0 Å². The first-order chi connectivity index (χ1) is 9.65. The van der Waals surface area contributed by atoms with Gasteiger partial charge in [-0.1, -0.05) is 12.1 Å². The monoisotopic (exact) mass is 274 g/mol. The molecule has 2 aliphatic rings. The second-order valence-electron chi connectivity index (χ2n) is 5.16. The van der Waals surface area contributed by atoms with E-state index in [0.29, 0.717) is 13.0 Å². The molecule has 1 radical (unpaired) electrons. The summed E-state index contributed by atoms with van der Waals surface area (Å²) in [6, 6.07) is 6.40. The standard InChI is InChI=1S/C15H16NO4/c17-11-3-1-2-10(8-11)4-5-14(19)16-7-6-13-15(16)12(18)9-20-13/h1-3,5,8,13,15,17H,4,6-7,9H2. The van der Waals surface area contributed by atoms with E-state index in [4.69, 9.17) is 4.74 Å². The molecule has 5 heteroatoms. The van der Waals surface area contributed by atoms with E-state index in [1.807, 2.05) is 6.07 Å². The third-order valence-electron chi connectivity index (χ3n) is 3.82. The molecule has 0 bridgehead atoms. The van der Waals surface area contributed by atoms with Gasteiger partial charge in [0.15, 0.2) is 5.78 Å². The molecule has 2 saturated heterocycles. The first-order valence-electron chi connectivity index (χ1n) is 6.71. The zero-order valence-corrected chi connectivity index (χ0v) is 11.0. The van der Waals surface area contributed by atoms with Gasteiger partial charge in [-0.05, 0) is 30.5 Å². The third-order valence-corrected chi connectivity index (χ3v) is 3.82. The molecule has 1 amide bonds. The van der Waals surface area contributed by atoms with Gasteiger partial charge in [0.25, 0.3) is 0 Å². The Labute approximate surface area is 117 Å². The highest BCUT2D eigenvalue weighted by atomic mass is 16.5. The molecule has 2 atom stereocenters. The van der Waals surface area contributed by atoms with Crippen LogP contribution in [0.1, 0.15) is 12.0 Å². The predicted molar refractivity (Wildman–Crippen MR) is 71.0 cm³/mol. The summed E-state index contributed by atoms with van der Waals surface area (Å²) < 4.78 is 5.36. The van der Waals surface area contributed by atoms with Crippen LogP contribution in [0.5, 0.6) is 5.75 Å². The molecule has 5 nitrogen and oxygen atoms in total. The number of hydrogen-bond acceptors (Lipinski definition) is 4. The van der Waals surface area contributed by atoms with Gasteiger partial charge in [0.1, 0.15) is 18.4 Å². The topological polar surface area (TPSA) is 66.8 Å². The van der Waals surface area contributed by atoms with Gasteiger partial charge in [0, 0.05) is 6.54 Å². The van der Waals surface area contributed by atoms with Gasteiger partial charge in [-0.15, -0.1) is 0 Å². The molecule has 0 spiro atoms. The maximum Gasteiger partial charge on any atom is 0.227 e. The number of ether oxygens (including phenoxy) is 1. The Bertz CT molecular complexity index is 542. The lowest BCUT2D eigenvalue weighted by Gasteiger charge is -2.21. The van der Waals surface area contributed by atoms with Crippen LogP contribution in [0.3, 0.4) is 0 Å². The van der Waals surface area contributed by atoms with E-state index >= 15 is 0 Å². The number of phenolic OH excluding ortho intramolecular Hbond substituents is 1. The molecule has 2 heterocycles. The van der Waals surface area contributed by atoms with Crippen molar-refractivity contribution < 1.29 is 19.4 Å². The quantitative estimate of drug-likeness (QED) is 0.881. The van der Waals surface area contributed by atoms with Crippen LogP contribution in [0, 0.1) is 6.42 Å². The molecule has 2 aliphatic heterocycles. The minimum atomic E-state index is -0.400. The maximum atomic E-state index is 12.2. The summed E-state index contributed by atoms with van der Waals surface area (Å²) in [4.78, 5) is 25.5. The highest BCUT2D eigenvalue weighted by Crippen LogP contribution is 2.27. The second-order valence-corrected chi connectivity index (χ2v) is 5.16. The van der Waals surface area contributed by atoms with E-state index in [1.54, 1.807) is 29.5 Å². The van der Waals surface area contributed by atoms with E-state index < -0.39 is 6.04 Å². The number of amides is 1. The number of carbonyl (C=O) groups is 2. The zero-order valence-electron chi connectivity index (χ0n) is 11.0. The van der Waals surface area contributed by atoms with Gasteiger partial charge in [0.05, 0.1) is 12.5 Å². The van der Waals surface area contributed by atoms with Gasteiger partial charge in [-0.3, -0.25) is 9.59 Å². The van der Waals surface area contributed by atoms with Gasteiger partial charge >= 0.3 is 0 Å². The van der Waals surface area contributed by atoms with Crippen molar-refractivity contribution in [2.24, 2.45) is 0 Å². The Balaban J connectivity index is 1.61. The first-order valence-corrected chi connectivity index (χ1v) is 6.71. The molecule has 105 valence electrons. The summed E-state index contributed by atoms with van der Waals surface area (Å²) in [5.74, 6) is 0.0373. The number of carbonyl (C=O) groups excluding carboxylic acids is 2. The number of Topliss-reactive ketones (excluding diaryl/α,β-unsaturated/α-hetero) is 1. The maximum absolute atomic E-state index is 12.2. The summed E-state index contributed by atoms with van der Waals surface area (Å²) in [5, 5.41) is 9.38. The number of fused-ring (bicyclic) bond motifs is 1. The zero-order chi connectivity index (χ0) is 14.1. The Kier molecular flexibility index (Phi) is 3.44. The van der Waals surface area contributed by atoms with Gasteiger partial charge in [-0.2, -0.15) is 0 Å². The van der Waals surface area contributed by atoms with Crippen LogP contribution in [-0.4, -0.2) is 47.0 Å². The number of ketones is 1. The van der Waals surface area contributed by atoms with Crippen molar-refractivity contribution in [1.29, 1.82) is 0 Å². The predicted octanol–water partition coefficient (Wildman–Crippen LogP) is 0.708. The molecule has 1 aromatic carbocycles. The second kappa shape index (κ2) is 5.25. The molecule has 2 unspecified atom stereocenters. The van der Waals surface area contributed by atoms with Crippen molar-refractivity contribution in [3.8, 4) is 5.75 Å². The van der Waals surface area contributed by atoms with Crippen LogP contribution in [0.25, 0.3) is 0 Å². The van der Waals surface area contributed by atoms with Crippen molar-refractivity contribution in [3.05, 3.63) is 36.2 Å². The lowest BCUT2D eigenvalue weighted by atomic mass is 10.1. The summed E-state index contributed by atoms with van der Waals surface area (Å²) in [5.41, 5.74) is 0.864. The van der Waals surface area contributed by atoms with Crippen molar-refractivity contribution >= 4 is 11.7 Å². The van der Waals surface area contributed by atoms with E-state index in [-0.39, 0.29) is 30.2 Å². The van der Waals surface area contributed by atoms with Crippen LogP contribution in [0.2, 0.25) is 0 Å². The molecule has 3 rings (SSSR count). The SMILES string of the molecule is O=C1COC2CCN(C(=O)[CH]Cc3cccc(O)c3)C12. The van der Waals surface area contributed by atoms with Crippen molar-refractivity contribution in [2.45, 2.75) is 25.0 Å². The Morgan fingerprint density at radius 3 is 3.15 bits per heavy atom. The van der Waals surface area contributed by atoms with Gasteiger partial charge < -0.3 is 14.7 Å². The molecule has 0 aliphatic carbocycles. The summed E-state index contributed by atoms with van der Waals surface area (Å²) in [6.45, 7) is 0.683. The highest BCUT2D eigenvalue weighted by molar-refractivity contribution is 5.95. The molecule has 2 fully saturated rings. The largest absolute Gasteiger partial charge is 0.508 e. The highest BCUT2D eigenvalue weighted by Gasteiger charge is 2.46. The number of hydrogen-bond donors (Lipinski definition) is 1. The molecular weight excluding hydrogens is 258 g/mol. The summed E-state index contributed by atoms with van der Waals surface area (Å²) in [7, 11) is 0. The average molecular weight is 274 g/mol. The van der Waals surface area contributed by atoms with Gasteiger partial charge in [-0.25, -0.2) is 0 Å². The van der Waals surface area contributed by atoms with Crippen LogP contribution < -0.4 is 0 Å². The lowest BCUT2D eigenvalue weighted by molar-refractivity contribution is -0.133. The fourth-order valence-electron chi connectivity index (χ4n) is 2.85. The molecular formula is C15H16NO4. The average Bonchev–Trinajstić information content (AvgIpc) is 3.00. The number of likely N-dealkylation sites (tertiary alicyclic amines) is 1. The number of phenols is 1. The number of aromatic hydroxyl groups is 1. The molecule has 1 N–H and O–H groups in total. The minimum absolute atomic E-state index is 0.00777. The van der Waals surface area contributed by atoms with Crippen LogP contribution in [0.15, 0.2) is 24.3 Å². The normalized spacial score (nSPS) is 25.0. The van der Waals surface area contributed by atoms with E-state index in [0.717, 1.165) is 12.0 Å². The third kappa shape index (κ3) is 2.41. The van der Waals surface area contributed by atoms with E-state index in [1.165, 1.54) is 0 Å². The minimum Gasteiger partial charge on any atom is -0.508 e. The Hall–Kier alpha value is -1.88. The summed E-state index contributed by atoms with van der Waals surface area (Å²) >= 11 is 0. The first kappa shape index (κ1) is 13.1. The van der Waals surface area contributed by atoms with E-state index in [2.05, 4.69) is 0 Å². The lowest BCUT2D eigenvalue weighted by Crippen LogP contribution is -2.42. The number of nitrogens with zero attached hydrogens (tertiary/aromatic N) is 1. The van der Waals surface area contributed by atoms with Crippen molar-refractivity contribution in [1.82, 2.24) is 4.90 Å². The molecule has 0 saturated carbocycles. The fraction of sp³-hybridized carbons (Fsp3) is 0.400. The van der Waals surface area contributed by atoms with Crippen LogP contribution in [0.4, 0.5) is 0 Å². The Morgan fingerprint density at radius 1 is 1.50 bits per heavy atom. The number of rotatable bonds is 3. The molecule has 0 aromatic heterocycles. The van der Waals surface area contributed by atoms with Crippen LogP contribution in [-0.2, 0) is 20.7 Å². The molecule has 20 heavy (non-hydrogen) atoms. The smallest absolute Gasteiger partial charge is 0.227 e. The summed E-state index contributed by atoms with van der Waals surface area (Å²) in [6.07, 6.45) is 2.60. The van der Waals surface area contributed by atoms with Crippen LogP contribution >= 0.6 is 0 Å². The number of benzene rings is 1. The van der Waals surface area contributed by atoms with Gasteiger partial charge in [0.2, 0.25) is 5.91 Å². The van der Waals surface area contributed by atoms with Crippen molar-refractivity contribution in [2.75, 3.05) is 13.2 Å². The Morgan fingerprint density at radius 2 is 2.35 bits per heavy atom. The molecule has 1 aromatic rings.